The molecule has 0 N–H and O–H groups in total. The maximum absolute atomic E-state index is 0. The molecule has 0 nitrogen and oxygen atoms in total. The number of hydrogen-bond acceptors (Lipinski definition) is 0. The number of hydrogen-bond donors (Lipinski definition) is 0. The molecule has 0 aromatic heterocycles. The predicted octanol–water partition coefficient (Wildman–Crippen LogP) is -0.125. The number of rotatable bonds is 0. The van der Waals surface area contributed by atoms with Gasteiger partial charge in [0, 0.05) is 928 Å². The Balaban J connectivity index is 0. The molecule has 0 rings (SSSR count). The molecule has 0 amide bonds. The van der Waals surface area contributed by atoms with Crippen molar-refractivity contribution in [3.05, 3.63) is 0 Å². The Morgan fingerprint density at radius 1 is 0.0200 bits per heavy atom. The monoisotopic (exact) mass is 2550 g/mol. The first kappa shape index (κ1) is 568. The van der Waals surface area contributed by atoms with Gasteiger partial charge in [-0.3, -0.25) is 0 Å². The second-order valence-electron chi connectivity index (χ2n) is 0. The van der Waals surface area contributed by atoms with Crippen molar-refractivity contribution in [3.63, 3.8) is 0 Å². The molecule has 0 heterocycles. The fourth-order valence-corrected chi connectivity index (χ4v) is 0. The summed E-state index contributed by atoms with van der Waals surface area (Å²) in [6, 6.07) is 0. The van der Waals surface area contributed by atoms with Crippen LogP contribution in [-0.2, 0) is 928 Å². The molecule has 0 aromatic rings. The van der Waals surface area contributed by atoms with Crippen LogP contribution in [0.3, 0.4) is 0 Å². The summed E-state index contributed by atoms with van der Waals surface area (Å²) >= 11 is 0. The van der Waals surface area contributed by atoms with Crippen molar-refractivity contribution >= 4 is 0 Å². The van der Waals surface area contributed by atoms with Gasteiger partial charge >= 0.3 is 0 Å². The van der Waals surface area contributed by atoms with Crippen molar-refractivity contribution in [2.75, 3.05) is 0 Å². The fraction of sp³-hybridized carbons (Fsp3) is 0. The molecule has 0 saturated carbocycles. The maximum atomic E-state index is 0. The Morgan fingerprint density at radius 2 is 0.0200 bits per heavy atom. The van der Waals surface area contributed by atoms with Crippen LogP contribution in [0.2, 0.25) is 0 Å². The minimum atomic E-state index is 0. The Hall–Kier alpha value is 29.2. The molecule has 50 radical (unpaired) electrons. The van der Waals surface area contributed by atoms with Crippen LogP contribution >= 0.6 is 0 Å². The van der Waals surface area contributed by atoms with Crippen molar-refractivity contribution in [1.29, 1.82) is 0 Å². The van der Waals surface area contributed by atoms with Crippen LogP contribution in [0.15, 0.2) is 0 Å². The molecule has 0 aliphatic carbocycles. The van der Waals surface area contributed by atoms with Gasteiger partial charge in [-0.15, -0.1) is 0 Å². The van der Waals surface area contributed by atoms with E-state index in [0.717, 1.165) is 0 Å². The van der Waals surface area contributed by atoms with Gasteiger partial charge in [0.2, 0.25) is 0 Å². The average molecular weight is 2550 g/mol. The first-order valence-electron chi connectivity index (χ1n) is 0. The summed E-state index contributed by atoms with van der Waals surface area (Å²) in [7, 11) is 0. The first-order chi connectivity index (χ1) is 0. The molecular formula is V50. The first-order valence-corrected chi connectivity index (χ1v) is 0. The molecule has 0 saturated heterocycles. The van der Waals surface area contributed by atoms with Gasteiger partial charge in [0.25, 0.3) is 0 Å². The van der Waals surface area contributed by atoms with E-state index >= 15 is 0 Å². The molecule has 50 heavy (non-hydrogen) atoms. The smallest absolute Gasteiger partial charge is 0 e. The van der Waals surface area contributed by atoms with Crippen molar-refractivity contribution in [3.8, 4) is 0 Å². The molecule has 0 aliphatic heterocycles. The van der Waals surface area contributed by atoms with Crippen molar-refractivity contribution in [2.45, 2.75) is 0 Å². The molecular weight excluding hydrogens is 2550 g/mol. The van der Waals surface area contributed by atoms with Crippen LogP contribution in [0.5, 0.6) is 0 Å². The van der Waals surface area contributed by atoms with E-state index < -0.39 is 0 Å². The maximum Gasteiger partial charge on any atom is 0 e. The summed E-state index contributed by atoms with van der Waals surface area (Å²) < 4.78 is 0. The molecule has 250 valence electrons. The van der Waals surface area contributed by atoms with Gasteiger partial charge in [0.05, 0.1) is 0 Å². The van der Waals surface area contributed by atoms with Crippen molar-refractivity contribution in [2.24, 2.45) is 0 Å². The summed E-state index contributed by atoms with van der Waals surface area (Å²) in [5.74, 6) is 0. The van der Waals surface area contributed by atoms with Crippen LogP contribution in [0.4, 0.5) is 0 Å². The van der Waals surface area contributed by atoms with Gasteiger partial charge < -0.3 is 0 Å². The van der Waals surface area contributed by atoms with Crippen LogP contribution in [0, 0.1) is 0 Å². The van der Waals surface area contributed by atoms with Gasteiger partial charge in [0.15, 0.2) is 0 Å². The van der Waals surface area contributed by atoms with Crippen molar-refractivity contribution < 1.29 is 928 Å². The Bertz CT molecular complexity index is 0. The normalized spacial score (nSPS) is 0. The summed E-state index contributed by atoms with van der Waals surface area (Å²) in [6.45, 7) is 0. The topological polar surface area (TPSA) is 0 Å². The van der Waals surface area contributed by atoms with Gasteiger partial charge in [-0.05, 0) is 0 Å². The standard InChI is InChI=1S/50V. The summed E-state index contributed by atoms with van der Waals surface area (Å²) in [5.41, 5.74) is 0. The SMILES string of the molecule is [V].[V].[V].[V].[V].[V].[V].[V].[V].[V].[V].[V].[V].[V].[V].[V].[V].[V].[V].[V].[V].[V].[V].[V].[V].[V].[V].[V].[V].[V].[V].[V].[V].[V].[V].[V].[V].[V].[V].[V].[V].[V].[V].[V].[V].[V].[V].[V].[V].[V]. The quantitative estimate of drug-likeness (QED) is 0.318. The predicted molar refractivity (Wildman–Crippen MR) is 0 cm³/mol. The van der Waals surface area contributed by atoms with Gasteiger partial charge in [-0.2, -0.15) is 0 Å². The summed E-state index contributed by atoms with van der Waals surface area (Å²) in [6.07, 6.45) is 0. The van der Waals surface area contributed by atoms with E-state index in [9.17, 15) is 0 Å². The minimum absolute atomic E-state index is 0. The van der Waals surface area contributed by atoms with Crippen LogP contribution in [0.1, 0.15) is 0 Å². The third-order valence-corrected chi connectivity index (χ3v) is 0. The van der Waals surface area contributed by atoms with Crippen LogP contribution < -0.4 is 0 Å². The molecule has 50 heteroatoms. The van der Waals surface area contributed by atoms with E-state index in [4.69, 9.17) is 0 Å². The van der Waals surface area contributed by atoms with Crippen molar-refractivity contribution in [1.82, 2.24) is 0 Å². The van der Waals surface area contributed by atoms with Gasteiger partial charge in [-0.1, -0.05) is 0 Å². The minimum Gasteiger partial charge on any atom is 0 e. The van der Waals surface area contributed by atoms with Gasteiger partial charge in [0.1, 0.15) is 0 Å². The molecule has 0 unspecified atom stereocenters. The van der Waals surface area contributed by atoms with E-state index in [2.05, 4.69) is 0 Å². The zero-order valence-corrected chi connectivity index (χ0v) is 92.2. The van der Waals surface area contributed by atoms with E-state index in [1.807, 2.05) is 0 Å². The summed E-state index contributed by atoms with van der Waals surface area (Å²) in [4.78, 5) is 0. The van der Waals surface area contributed by atoms with E-state index in [0.29, 0.717) is 0 Å². The molecule has 0 aromatic carbocycles. The fourth-order valence-electron chi connectivity index (χ4n) is 0. The Labute approximate surface area is 902 Å². The summed E-state index contributed by atoms with van der Waals surface area (Å²) in [5, 5.41) is 0. The second-order valence-corrected chi connectivity index (χ2v) is 0. The molecule has 0 aliphatic rings. The third-order valence-electron chi connectivity index (χ3n) is 0. The largest absolute Gasteiger partial charge is 0 e. The zero-order valence-electron chi connectivity index (χ0n) is 22.4. The Morgan fingerprint density at radius 3 is 0.0200 bits per heavy atom. The molecule has 0 bridgehead atoms. The Kier molecular flexibility index (Phi) is 6200. The van der Waals surface area contributed by atoms with E-state index in [1.54, 1.807) is 0 Å². The van der Waals surface area contributed by atoms with Crippen LogP contribution in [-0.4, -0.2) is 0 Å². The van der Waals surface area contributed by atoms with E-state index in [1.165, 1.54) is 0 Å². The third kappa shape index (κ3) is 525. The van der Waals surface area contributed by atoms with Gasteiger partial charge in [-0.25, -0.2) is 0 Å². The average Bonchev–Trinajstić information content (AvgIpc) is 0. The zero-order chi connectivity index (χ0) is 0. The second kappa shape index (κ2) is 546. The van der Waals surface area contributed by atoms with E-state index in [-0.39, 0.29) is 928 Å². The van der Waals surface area contributed by atoms with Crippen LogP contribution in [0.25, 0.3) is 0 Å². The molecule has 0 spiro atoms. The molecule has 0 fully saturated rings. The molecule has 0 atom stereocenters.